The highest BCUT2D eigenvalue weighted by Gasteiger charge is 2.39. The van der Waals surface area contributed by atoms with Crippen LogP contribution < -0.4 is 5.32 Å². The summed E-state index contributed by atoms with van der Waals surface area (Å²) in [6.07, 6.45) is 6.27. The topological polar surface area (TPSA) is 64.1 Å². The molecule has 0 saturated heterocycles. The molecule has 110 valence electrons. The normalized spacial score (nSPS) is 17.5. The summed E-state index contributed by atoms with van der Waals surface area (Å²) in [5, 5.41) is 4.35. The molecule has 0 spiro atoms. The minimum absolute atomic E-state index is 0.157. The molecular weight excluding hydrogens is 274 g/mol. The van der Waals surface area contributed by atoms with E-state index in [1.165, 1.54) is 6.33 Å². The largest absolute Gasteiger partial charge is 0.465 e. The van der Waals surface area contributed by atoms with Gasteiger partial charge in [0.1, 0.15) is 11.9 Å². The summed E-state index contributed by atoms with van der Waals surface area (Å²) in [6.45, 7) is 4.19. The van der Waals surface area contributed by atoms with Crippen LogP contribution in [-0.4, -0.2) is 39.9 Å². The van der Waals surface area contributed by atoms with Gasteiger partial charge in [-0.25, -0.2) is 9.97 Å². The van der Waals surface area contributed by atoms with Crippen molar-refractivity contribution in [2.24, 2.45) is 0 Å². The lowest BCUT2D eigenvalue weighted by atomic mass is 9.99. The van der Waals surface area contributed by atoms with E-state index in [0.29, 0.717) is 12.6 Å². The van der Waals surface area contributed by atoms with Crippen LogP contribution in [0.15, 0.2) is 23.6 Å². The van der Waals surface area contributed by atoms with Crippen LogP contribution in [0.5, 0.6) is 0 Å². The summed E-state index contributed by atoms with van der Waals surface area (Å²) in [7, 11) is 0. The van der Waals surface area contributed by atoms with Crippen molar-refractivity contribution in [3.05, 3.63) is 18.6 Å². The summed E-state index contributed by atoms with van der Waals surface area (Å²) in [5.74, 6) is 0.654. The molecule has 2 rings (SSSR count). The summed E-state index contributed by atoms with van der Waals surface area (Å²) < 4.78 is 5.20. The van der Waals surface area contributed by atoms with Gasteiger partial charge >= 0.3 is 5.97 Å². The predicted molar refractivity (Wildman–Crippen MR) is 78.6 cm³/mol. The van der Waals surface area contributed by atoms with Crippen molar-refractivity contribution in [1.29, 1.82) is 0 Å². The predicted octanol–water partition coefficient (Wildman–Crippen LogP) is 2.03. The van der Waals surface area contributed by atoms with Gasteiger partial charge < -0.3 is 4.74 Å². The highest BCUT2D eigenvalue weighted by molar-refractivity contribution is 7.99. The zero-order valence-electron chi connectivity index (χ0n) is 12.0. The highest BCUT2D eigenvalue weighted by Crippen LogP contribution is 2.27. The second kappa shape index (κ2) is 7.04. The van der Waals surface area contributed by atoms with E-state index in [4.69, 9.17) is 4.74 Å². The second-order valence-electron chi connectivity index (χ2n) is 5.12. The van der Waals surface area contributed by atoms with Crippen LogP contribution in [0.4, 0.5) is 0 Å². The minimum atomic E-state index is -0.600. The van der Waals surface area contributed by atoms with Gasteiger partial charge in [-0.2, -0.15) is 0 Å². The van der Waals surface area contributed by atoms with Crippen LogP contribution in [0.3, 0.4) is 0 Å². The van der Waals surface area contributed by atoms with Gasteiger partial charge in [-0.1, -0.05) is 0 Å². The molecular formula is C14H21N3O2S. The molecule has 1 saturated carbocycles. The Labute approximate surface area is 123 Å². The smallest absolute Gasteiger partial charge is 0.326 e. The van der Waals surface area contributed by atoms with E-state index in [9.17, 15) is 4.79 Å². The molecule has 0 bridgehead atoms. The molecule has 1 aromatic heterocycles. The van der Waals surface area contributed by atoms with Crippen molar-refractivity contribution in [3.8, 4) is 0 Å². The van der Waals surface area contributed by atoms with Crippen molar-refractivity contribution < 1.29 is 9.53 Å². The van der Waals surface area contributed by atoms with Crippen LogP contribution in [-0.2, 0) is 9.53 Å². The summed E-state index contributed by atoms with van der Waals surface area (Å²) in [5.41, 5.74) is -0.600. The maximum atomic E-state index is 12.2. The number of carbonyl (C=O) groups is 1. The maximum Gasteiger partial charge on any atom is 0.326 e. The Morgan fingerprint density at radius 1 is 1.60 bits per heavy atom. The van der Waals surface area contributed by atoms with Crippen LogP contribution >= 0.6 is 11.8 Å². The molecule has 1 unspecified atom stereocenters. The van der Waals surface area contributed by atoms with Gasteiger partial charge in [0.15, 0.2) is 0 Å². The molecule has 20 heavy (non-hydrogen) atoms. The first-order valence-corrected chi connectivity index (χ1v) is 7.96. The Morgan fingerprint density at radius 2 is 2.40 bits per heavy atom. The lowest BCUT2D eigenvalue weighted by molar-refractivity contribution is -0.150. The summed E-state index contributed by atoms with van der Waals surface area (Å²) in [4.78, 5) is 20.2. The fourth-order valence-corrected chi connectivity index (χ4v) is 2.92. The van der Waals surface area contributed by atoms with Crippen LogP contribution in [0.25, 0.3) is 0 Å². The lowest BCUT2D eigenvalue weighted by Gasteiger charge is -2.28. The van der Waals surface area contributed by atoms with Gasteiger partial charge in [0.05, 0.1) is 11.6 Å². The highest BCUT2D eigenvalue weighted by atomic mass is 32.2. The molecule has 1 aliphatic rings. The van der Waals surface area contributed by atoms with E-state index in [1.807, 2.05) is 19.9 Å². The van der Waals surface area contributed by atoms with E-state index in [2.05, 4.69) is 15.3 Å². The van der Waals surface area contributed by atoms with Gasteiger partial charge in [-0.05, 0) is 39.2 Å². The average molecular weight is 295 g/mol. The molecule has 0 radical (unpaired) electrons. The lowest BCUT2D eigenvalue weighted by Crippen LogP contribution is -2.51. The first-order valence-electron chi connectivity index (χ1n) is 6.98. The Hall–Kier alpha value is -1.14. The maximum absolute atomic E-state index is 12.2. The van der Waals surface area contributed by atoms with Gasteiger partial charge in [-0.3, -0.25) is 10.1 Å². The molecule has 0 amide bonds. The average Bonchev–Trinajstić information content (AvgIpc) is 3.24. The van der Waals surface area contributed by atoms with Crippen molar-refractivity contribution in [2.45, 2.75) is 49.7 Å². The van der Waals surface area contributed by atoms with Crippen LogP contribution in [0, 0.1) is 0 Å². The number of aromatic nitrogens is 2. The first kappa shape index (κ1) is 15.3. The second-order valence-corrected chi connectivity index (χ2v) is 6.23. The van der Waals surface area contributed by atoms with Crippen LogP contribution in [0.1, 0.15) is 33.1 Å². The molecule has 6 heteroatoms. The van der Waals surface area contributed by atoms with Gasteiger partial charge in [0.25, 0.3) is 0 Å². The van der Waals surface area contributed by atoms with Crippen LogP contribution in [0.2, 0.25) is 0 Å². The molecule has 1 aliphatic carbocycles. The van der Waals surface area contributed by atoms with Crippen molar-refractivity contribution in [1.82, 2.24) is 15.3 Å². The van der Waals surface area contributed by atoms with Crippen molar-refractivity contribution in [2.75, 3.05) is 12.4 Å². The van der Waals surface area contributed by atoms with Gasteiger partial charge in [0, 0.05) is 18.0 Å². The van der Waals surface area contributed by atoms with E-state index < -0.39 is 5.54 Å². The molecule has 1 atom stereocenters. The van der Waals surface area contributed by atoms with Gasteiger partial charge in [-0.15, -0.1) is 11.8 Å². The molecule has 1 fully saturated rings. The third-order valence-electron chi connectivity index (χ3n) is 3.23. The van der Waals surface area contributed by atoms with E-state index in [1.54, 1.807) is 18.0 Å². The van der Waals surface area contributed by atoms with E-state index >= 15 is 0 Å². The number of carbonyl (C=O) groups excluding carboxylic acids is 1. The first-order chi connectivity index (χ1) is 9.64. The Morgan fingerprint density at radius 3 is 3.00 bits per heavy atom. The number of hydrogen-bond donors (Lipinski definition) is 1. The quantitative estimate of drug-likeness (QED) is 0.450. The number of ether oxygens (including phenoxy) is 1. The number of hydrogen-bond acceptors (Lipinski definition) is 6. The van der Waals surface area contributed by atoms with Gasteiger partial charge in [0.2, 0.25) is 0 Å². The number of nitrogens with zero attached hydrogens (tertiary/aromatic N) is 2. The summed E-state index contributed by atoms with van der Waals surface area (Å²) >= 11 is 1.63. The standard InChI is InChI=1S/C14H21N3O2S/c1-3-19-13(18)14(2,17-11-4-5-11)7-9-20-12-6-8-15-10-16-12/h6,8,10-11,17H,3-5,7,9H2,1-2H3. The fourth-order valence-electron chi connectivity index (χ4n) is 1.93. The molecule has 1 N–H and O–H groups in total. The Bertz CT molecular complexity index is 439. The number of rotatable bonds is 8. The molecule has 1 aromatic rings. The van der Waals surface area contributed by atoms with Crippen molar-refractivity contribution in [3.63, 3.8) is 0 Å². The van der Waals surface area contributed by atoms with E-state index in [-0.39, 0.29) is 5.97 Å². The monoisotopic (exact) mass is 295 g/mol. The number of thioether (sulfide) groups is 1. The molecule has 0 aliphatic heterocycles. The third-order valence-corrected chi connectivity index (χ3v) is 4.18. The zero-order chi connectivity index (χ0) is 14.4. The van der Waals surface area contributed by atoms with E-state index in [0.717, 1.165) is 30.0 Å². The Balaban J connectivity index is 1.88. The van der Waals surface area contributed by atoms with Crippen molar-refractivity contribution >= 4 is 17.7 Å². The third kappa shape index (κ3) is 4.45. The zero-order valence-corrected chi connectivity index (χ0v) is 12.8. The Kier molecular flexibility index (Phi) is 5.37. The molecule has 1 heterocycles. The minimum Gasteiger partial charge on any atom is -0.465 e. The fraction of sp³-hybridized carbons (Fsp3) is 0.643. The summed E-state index contributed by atoms with van der Waals surface area (Å²) in [6, 6.07) is 2.34. The molecule has 5 nitrogen and oxygen atoms in total. The number of esters is 1. The molecule has 0 aromatic carbocycles. The number of nitrogens with one attached hydrogen (secondary N) is 1. The SMILES string of the molecule is CCOC(=O)C(C)(CCSc1ccncn1)NC1CC1.